The van der Waals surface area contributed by atoms with E-state index in [0.29, 0.717) is 40.9 Å². The van der Waals surface area contributed by atoms with Gasteiger partial charge in [0, 0.05) is 18.2 Å². The molecule has 0 aliphatic carbocycles. The zero-order valence-corrected chi connectivity index (χ0v) is 18.3. The smallest absolute Gasteiger partial charge is 0.283 e. The van der Waals surface area contributed by atoms with E-state index in [-0.39, 0.29) is 5.91 Å². The van der Waals surface area contributed by atoms with Crippen LogP contribution in [0.4, 0.5) is 0 Å². The highest BCUT2D eigenvalue weighted by atomic mass is 35.5. The molecule has 1 aromatic heterocycles. The van der Waals surface area contributed by atoms with Gasteiger partial charge in [0.25, 0.3) is 5.91 Å². The van der Waals surface area contributed by atoms with E-state index in [1.807, 2.05) is 66.1 Å². The molecule has 1 amide bonds. The molecule has 4 aromatic rings. The first-order valence-corrected chi connectivity index (χ1v) is 10.8. The normalized spacial score (nSPS) is 12.0. The standard InChI is InChI=1S/C23H21ClN2O3S/c1-3-29-11-10-26-19-9-8-17(24)14-21(19)30-23(26)25-22(27)18-12-15-6-4-5-7-16(15)13-20(18)28-2/h4-9,12-14H,3,10-11H2,1-2H3. The Morgan fingerprint density at radius 3 is 2.63 bits per heavy atom. The molecule has 0 saturated carbocycles. The van der Waals surface area contributed by atoms with Gasteiger partial charge in [0.15, 0.2) is 4.80 Å². The number of hydrogen-bond donors (Lipinski definition) is 0. The number of amides is 1. The average Bonchev–Trinajstić information content (AvgIpc) is 3.08. The van der Waals surface area contributed by atoms with Crippen molar-refractivity contribution in [3.63, 3.8) is 0 Å². The number of rotatable bonds is 6. The molecule has 4 rings (SSSR count). The second-order valence-corrected chi connectivity index (χ2v) is 8.11. The van der Waals surface area contributed by atoms with Crippen LogP contribution in [-0.4, -0.2) is 30.8 Å². The summed E-state index contributed by atoms with van der Waals surface area (Å²) >= 11 is 7.59. The molecule has 1 heterocycles. The van der Waals surface area contributed by atoms with Crippen LogP contribution in [0.25, 0.3) is 21.0 Å². The summed E-state index contributed by atoms with van der Waals surface area (Å²) in [6.07, 6.45) is 0. The number of nitrogens with zero attached hydrogens (tertiary/aromatic N) is 2. The number of benzene rings is 3. The summed E-state index contributed by atoms with van der Waals surface area (Å²) < 4.78 is 14.0. The van der Waals surface area contributed by atoms with Gasteiger partial charge in [-0.05, 0) is 48.0 Å². The van der Waals surface area contributed by atoms with E-state index in [2.05, 4.69) is 4.99 Å². The minimum absolute atomic E-state index is 0.347. The van der Waals surface area contributed by atoms with Gasteiger partial charge in [-0.25, -0.2) is 0 Å². The monoisotopic (exact) mass is 440 g/mol. The van der Waals surface area contributed by atoms with E-state index in [4.69, 9.17) is 21.1 Å². The van der Waals surface area contributed by atoms with Crippen molar-refractivity contribution in [1.29, 1.82) is 0 Å². The third-order valence-electron chi connectivity index (χ3n) is 4.80. The quantitative estimate of drug-likeness (QED) is 0.382. The molecule has 0 fully saturated rings. The van der Waals surface area contributed by atoms with E-state index in [1.165, 1.54) is 11.3 Å². The molecule has 0 aliphatic rings. The van der Waals surface area contributed by atoms with Crippen molar-refractivity contribution >= 4 is 49.8 Å². The number of methoxy groups -OCH3 is 1. The lowest BCUT2D eigenvalue weighted by Gasteiger charge is -2.08. The number of ether oxygens (including phenoxy) is 2. The van der Waals surface area contributed by atoms with Gasteiger partial charge >= 0.3 is 0 Å². The summed E-state index contributed by atoms with van der Waals surface area (Å²) in [7, 11) is 1.56. The number of carbonyl (C=O) groups is 1. The van der Waals surface area contributed by atoms with Crippen molar-refractivity contribution in [3.05, 3.63) is 70.0 Å². The fourth-order valence-corrected chi connectivity index (χ4v) is 4.68. The third-order valence-corrected chi connectivity index (χ3v) is 6.08. The van der Waals surface area contributed by atoms with E-state index < -0.39 is 0 Å². The summed E-state index contributed by atoms with van der Waals surface area (Å²) in [4.78, 5) is 18.2. The number of thiazole rings is 1. The van der Waals surface area contributed by atoms with E-state index in [9.17, 15) is 4.79 Å². The highest BCUT2D eigenvalue weighted by Crippen LogP contribution is 2.27. The second kappa shape index (κ2) is 9.00. The number of halogens is 1. The first-order chi connectivity index (χ1) is 14.6. The summed E-state index contributed by atoms with van der Waals surface area (Å²) in [6.45, 7) is 3.72. The molecule has 154 valence electrons. The highest BCUT2D eigenvalue weighted by molar-refractivity contribution is 7.16. The first kappa shape index (κ1) is 20.6. The van der Waals surface area contributed by atoms with E-state index in [0.717, 1.165) is 21.0 Å². The number of aromatic nitrogens is 1. The van der Waals surface area contributed by atoms with Crippen molar-refractivity contribution in [2.45, 2.75) is 13.5 Å². The number of fused-ring (bicyclic) bond motifs is 2. The molecule has 0 atom stereocenters. The van der Waals surface area contributed by atoms with Gasteiger partial charge in [-0.15, -0.1) is 0 Å². The molecule has 7 heteroatoms. The van der Waals surface area contributed by atoms with Crippen LogP contribution in [0.5, 0.6) is 5.75 Å². The van der Waals surface area contributed by atoms with Gasteiger partial charge in [0.2, 0.25) is 0 Å². The molecule has 3 aromatic carbocycles. The number of carbonyl (C=O) groups excluding carboxylic acids is 1. The molecule has 0 saturated heterocycles. The summed E-state index contributed by atoms with van der Waals surface area (Å²) in [5.74, 6) is 0.160. The van der Waals surface area contributed by atoms with Gasteiger partial charge in [0.1, 0.15) is 5.75 Å². The molecule has 0 N–H and O–H groups in total. The van der Waals surface area contributed by atoms with Crippen molar-refractivity contribution < 1.29 is 14.3 Å². The Kier molecular flexibility index (Phi) is 6.18. The predicted octanol–water partition coefficient (Wildman–Crippen LogP) is 5.30. The van der Waals surface area contributed by atoms with Crippen molar-refractivity contribution in [3.8, 4) is 5.75 Å². The van der Waals surface area contributed by atoms with Gasteiger partial charge in [-0.1, -0.05) is 47.2 Å². The lowest BCUT2D eigenvalue weighted by atomic mass is 10.1. The Morgan fingerprint density at radius 2 is 1.90 bits per heavy atom. The fraction of sp³-hybridized carbons (Fsp3) is 0.217. The predicted molar refractivity (Wildman–Crippen MR) is 122 cm³/mol. The topological polar surface area (TPSA) is 52.8 Å². The molecular weight excluding hydrogens is 420 g/mol. The van der Waals surface area contributed by atoms with Crippen molar-refractivity contribution in [1.82, 2.24) is 4.57 Å². The van der Waals surface area contributed by atoms with Crippen molar-refractivity contribution in [2.24, 2.45) is 4.99 Å². The van der Waals surface area contributed by atoms with Crippen LogP contribution in [0.2, 0.25) is 5.02 Å². The molecule has 5 nitrogen and oxygen atoms in total. The van der Waals surface area contributed by atoms with Crippen LogP contribution >= 0.6 is 22.9 Å². The maximum Gasteiger partial charge on any atom is 0.283 e. The number of hydrogen-bond acceptors (Lipinski definition) is 4. The van der Waals surface area contributed by atoms with Crippen LogP contribution in [0.1, 0.15) is 17.3 Å². The molecular formula is C23H21ClN2O3S. The van der Waals surface area contributed by atoms with Crippen LogP contribution in [-0.2, 0) is 11.3 Å². The molecule has 0 spiro atoms. The van der Waals surface area contributed by atoms with Gasteiger partial charge in [-0.3, -0.25) is 4.79 Å². The maximum absolute atomic E-state index is 13.2. The Morgan fingerprint density at radius 1 is 1.13 bits per heavy atom. The first-order valence-electron chi connectivity index (χ1n) is 9.63. The van der Waals surface area contributed by atoms with Crippen LogP contribution in [0.3, 0.4) is 0 Å². The average molecular weight is 441 g/mol. The second-order valence-electron chi connectivity index (χ2n) is 6.66. The lowest BCUT2D eigenvalue weighted by Crippen LogP contribution is -2.20. The largest absolute Gasteiger partial charge is 0.496 e. The van der Waals surface area contributed by atoms with E-state index in [1.54, 1.807) is 7.11 Å². The molecule has 0 aliphatic heterocycles. The Hall–Kier alpha value is -2.67. The SMILES string of the molecule is CCOCCn1c(=NC(=O)c2cc3ccccc3cc2OC)sc2cc(Cl)ccc21. The minimum Gasteiger partial charge on any atom is -0.496 e. The molecule has 0 bridgehead atoms. The lowest BCUT2D eigenvalue weighted by molar-refractivity contribution is 0.0994. The zero-order chi connectivity index (χ0) is 21.1. The maximum atomic E-state index is 13.2. The van der Waals surface area contributed by atoms with Crippen LogP contribution in [0.15, 0.2) is 59.6 Å². The molecule has 0 unspecified atom stereocenters. The Balaban J connectivity index is 1.83. The minimum atomic E-state index is -0.347. The van der Waals surface area contributed by atoms with Gasteiger partial charge in [0.05, 0.1) is 29.5 Å². The molecule has 30 heavy (non-hydrogen) atoms. The summed E-state index contributed by atoms with van der Waals surface area (Å²) in [5.41, 5.74) is 1.41. The Labute approximate surface area is 183 Å². The van der Waals surface area contributed by atoms with Crippen LogP contribution < -0.4 is 9.54 Å². The van der Waals surface area contributed by atoms with Crippen molar-refractivity contribution in [2.75, 3.05) is 20.3 Å². The van der Waals surface area contributed by atoms with Gasteiger partial charge < -0.3 is 14.0 Å². The molecule has 0 radical (unpaired) electrons. The van der Waals surface area contributed by atoms with Gasteiger partial charge in [-0.2, -0.15) is 4.99 Å². The summed E-state index contributed by atoms with van der Waals surface area (Å²) in [6, 6.07) is 17.2. The Bertz CT molecular complexity index is 1290. The summed E-state index contributed by atoms with van der Waals surface area (Å²) in [5, 5.41) is 2.62. The fourth-order valence-electron chi connectivity index (χ4n) is 3.35. The van der Waals surface area contributed by atoms with E-state index >= 15 is 0 Å². The third kappa shape index (κ3) is 4.12. The highest BCUT2D eigenvalue weighted by Gasteiger charge is 2.15. The van der Waals surface area contributed by atoms with Crippen LogP contribution in [0, 0.1) is 0 Å². The zero-order valence-electron chi connectivity index (χ0n) is 16.7.